The number of pyridine rings is 2. The molecule has 166 valence electrons. The van der Waals surface area contributed by atoms with Crippen LogP contribution in [0.15, 0.2) is 24.4 Å². The number of anilines is 1. The monoisotopic (exact) mass is 456 g/mol. The number of amides is 2. The molecule has 0 saturated heterocycles. The molecule has 1 aliphatic carbocycles. The average Bonchev–Trinajstić information content (AvgIpc) is 3.51. The van der Waals surface area contributed by atoms with Gasteiger partial charge >= 0.3 is 6.18 Å². The van der Waals surface area contributed by atoms with Crippen LogP contribution in [0.4, 0.5) is 19.0 Å². The summed E-state index contributed by atoms with van der Waals surface area (Å²) in [5.41, 5.74) is -0.122. The third-order valence-corrected chi connectivity index (χ3v) is 4.67. The van der Waals surface area contributed by atoms with Crippen molar-refractivity contribution in [1.29, 1.82) is 0 Å². The summed E-state index contributed by atoms with van der Waals surface area (Å²) >= 11 is 5.81. The Morgan fingerprint density at radius 2 is 2.00 bits per heavy atom. The summed E-state index contributed by atoms with van der Waals surface area (Å²) in [6.07, 6.45) is -2.24. The van der Waals surface area contributed by atoms with E-state index < -0.39 is 23.7 Å². The number of nitrogens with one attached hydrogen (secondary N) is 2. The van der Waals surface area contributed by atoms with E-state index in [1.165, 1.54) is 6.07 Å². The molecule has 0 bridgehead atoms. The molecule has 0 spiro atoms. The molecule has 7 nitrogen and oxygen atoms in total. The van der Waals surface area contributed by atoms with E-state index in [1.54, 1.807) is 19.9 Å². The number of ether oxygens (including phenoxy) is 1. The van der Waals surface area contributed by atoms with E-state index in [1.807, 2.05) is 0 Å². The van der Waals surface area contributed by atoms with Crippen molar-refractivity contribution in [1.82, 2.24) is 15.3 Å². The Morgan fingerprint density at radius 1 is 1.29 bits per heavy atom. The summed E-state index contributed by atoms with van der Waals surface area (Å²) in [4.78, 5) is 32.3. The van der Waals surface area contributed by atoms with Gasteiger partial charge in [-0.05, 0) is 44.9 Å². The molecule has 0 aromatic carbocycles. The largest absolute Gasteiger partial charge is 0.474 e. The Kier molecular flexibility index (Phi) is 6.68. The Labute approximate surface area is 181 Å². The third kappa shape index (κ3) is 6.30. The van der Waals surface area contributed by atoms with Gasteiger partial charge in [-0.3, -0.25) is 9.59 Å². The fourth-order valence-corrected chi connectivity index (χ4v) is 2.90. The second-order valence-corrected chi connectivity index (χ2v) is 7.75. The highest BCUT2D eigenvalue weighted by Gasteiger charge is 2.32. The van der Waals surface area contributed by atoms with Gasteiger partial charge in [0.25, 0.3) is 5.91 Å². The maximum atomic E-state index is 12.7. The first-order valence-electron chi connectivity index (χ1n) is 9.49. The number of carbonyl (C=O) groups is 2. The van der Waals surface area contributed by atoms with Gasteiger partial charge in [-0.1, -0.05) is 11.6 Å². The van der Waals surface area contributed by atoms with Gasteiger partial charge in [-0.15, -0.1) is 0 Å². The molecule has 3 rings (SSSR count). The van der Waals surface area contributed by atoms with Crippen molar-refractivity contribution in [3.8, 4) is 5.88 Å². The fourth-order valence-electron chi connectivity index (χ4n) is 2.68. The molecule has 2 aromatic heterocycles. The van der Waals surface area contributed by atoms with Crippen LogP contribution in [0.5, 0.6) is 5.88 Å². The molecule has 2 amide bonds. The van der Waals surface area contributed by atoms with Crippen molar-refractivity contribution in [2.45, 2.75) is 38.9 Å². The highest BCUT2D eigenvalue weighted by Crippen LogP contribution is 2.33. The quantitative estimate of drug-likeness (QED) is 0.656. The maximum Gasteiger partial charge on any atom is 0.417 e. The molecule has 2 N–H and O–H groups in total. The number of hydrogen-bond donors (Lipinski definition) is 2. The number of nitrogens with zero attached hydrogens (tertiary/aromatic N) is 2. The molecule has 1 saturated carbocycles. The molecule has 1 fully saturated rings. The van der Waals surface area contributed by atoms with E-state index in [0.717, 1.165) is 18.9 Å². The molecule has 0 aliphatic heterocycles. The van der Waals surface area contributed by atoms with Crippen LogP contribution in [-0.4, -0.2) is 34.4 Å². The van der Waals surface area contributed by atoms with Crippen molar-refractivity contribution in [3.05, 3.63) is 46.2 Å². The standard InChI is InChI=1S/C20H20ClF3N4O3/c1-10-5-13(6-16(26-10)28-17(29)12-3-4-12)18(30)27-11(2)9-31-19-15(21)7-14(8-25-19)20(22,23)24/h5-8,11-12H,3-4,9H2,1-2H3,(H,27,30)(H,26,28,29). The zero-order valence-corrected chi connectivity index (χ0v) is 17.5. The van der Waals surface area contributed by atoms with Crippen molar-refractivity contribution < 1.29 is 27.5 Å². The summed E-state index contributed by atoms with van der Waals surface area (Å²) in [5.74, 6) is -0.406. The van der Waals surface area contributed by atoms with Gasteiger partial charge in [0.15, 0.2) is 0 Å². The van der Waals surface area contributed by atoms with Gasteiger partial charge < -0.3 is 15.4 Å². The lowest BCUT2D eigenvalue weighted by Crippen LogP contribution is -2.37. The predicted octanol–water partition coefficient (Wildman–Crippen LogP) is 4.00. The first-order valence-corrected chi connectivity index (χ1v) is 9.86. The molecule has 0 radical (unpaired) electrons. The van der Waals surface area contributed by atoms with Crippen molar-refractivity contribution in [3.63, 3.8) is 0 Å². The molecule has 2 aromatic rings. The normalized spacial score (nSPS) is 14.6. The van der Waals surface area contributed by atoms with Crippen LogP contribution in [0, 0.1) is 12.8 Å². The summed E-state index contributed by atoms with van der Waals surface area (Å²) in [7, 11) is 0. The number of aryl methyl sites for hydroxylation is 1. The molecule has 1 atom stereocenters. The van der Waals surface area contributed by atoms with E-state index >= 15 is 0 Å². The molecular formula is C20H20ClF3N4O3. The van der Waals surface area contributed by atoms with E-state index in [0.29, 0.717) is 23.3 Å². The SMILES string of the molecule is Cc1cc(C(=O)NC(C)COc2ncc(C(F)(F)F)cc2Cl)cc(NC(=O)C2CC2)n1. The summed E-state index contributed by atoms with van der Waals surface area (Å²) in [6, 6.07) is 3.27. The lowest BCUT2D eigenvalue weighted by molar-refractivity contribution is -0.137. The number of alkyl halides is 3. The van der Waals surface area contributed by atoms with Gasteiger partial charge in [0.1, 0.15) is 17.4 Å². The third-order valence-electron chi connectivity index (χ3n) is 4.40. The summed E-state index contributed by atoms with van der Waals surface area (Å²) in [6.45, 7) is 3.28. The fraction of sp³-hybridized carbons (Fsp3) is 0.400. The molecule has 31 heavy (non-hydrogen) atoms. The number of hydrogen-bond acceptors (Lipinski definition) is 5. The van der Waals surface area contributed by atoms with Crippen LogP contribution in [0.1, 0.15) is 41.4 Å². The van der Waals surface area contributed by atoms with Gasteiger partial charge in [0, 0.05) is 23.4 Å². The highest BCUT2D eigenvalue weighted by molar-refractivity contribution is 6.31. The van der Waals surface area contributed by atoms with Crippen LogP contribution < -0.4 is 15.4 Å². The first kappa shape index (κ1) is 22.8. The van der Waals surface area contributed by atoms with Gasteiger partial charge in [-0.2, -0.15) is 13.2 Å². The van der Waals surface area contributed by atoms with E-state index in [4.69, 9.17) is 16.3 Å². The molecule has 1 aliphatic rings. The van der Waals surface area contributed by atoms with Gasteiger partial charge in [-0.25, -0.2) is 9.97 Å². The van der Waals surface area contributed by atoms with Gasteiger partial charge in [0.05, 0.1) is 11.6 Å². The van der Waals surface area contributed by atoms with Crippen LogP contribution >= 0.6 is 11.6 Å². The van der Waals surface area contributed by atoms with Gasteiger partial charge in [0.2, 0.25) is 11.8 Å². The Balaban J connectivity index is 1.58. The van der Waals surface area contributed by atoms with E-state index in [-0.39, 0.29) is 29.3 Å². The first-order chi connectivity index (χ1) is 14.5. The minimum absolute atomic E-state index is 0.00221. The Bertz CT molecular complexity index is 996. The maximum absolute atomic E-state index is 12.7. The summed E-state index contributed by atoms with van der Waals surface area (Å²) < 4.78 is 43.4. The molecule has 11 heteroatoms. The van der Waals surface area contributed by atoms with Crippen molar-refractivity contribution in [2.75, 3.05) is 11.9 Å². The lowest BCUT2D eigenvalue weighted by atomic mass is 10.2. The minimum atomic E-state index is -4.56. The van der Waals surface area contributed by atoms with E-state index in [2.05, 4.69) is 20.6 Å². The second-order valence-electron chi connectivity index (χ2n) is 7.34. The zero-order valence-electron chi connectivity index (χ0n) is 16.7. The van der Waals surface area contributed by atoms with Crippen LogP contribution in [0.3, 0.4) is 0 Å². The number of rotatable bonds is 7. The second kappa shape index (κ2) is 9.09. The van der Waals surface area contributed by atoms with E-state index in [9.17, 15) is 22.8 Å². The molecule has 1 unspecified atom stereocenters. The number of carbonyl (C=O) groups excluding carboxylic acids is 2. The van der Waals surface area contributed by atoms with Crippen LogP contribution in [0.25, 0.3) is 0 Å². The minimum Gasteiger partial charge on any atom is -0.474 e. The lowest BCUT2D eigenvalue weighted by Gasteiger charge is -2.16. The number of halogens is 4. The molecular weight excluding hydrogens is 437 g/mol. The number of aromatic nitrogens is 2. The van der Waals surface area contributed by atoms with Crippen molar-refractivity contribution in [2.24, 2.45) is 5.92 Å². The summed E-state index contributed by atoms with van der Waals surface area (Å²) in [5, 5.41) is 5.13. The molecule has 2 heterocycles. The smallest absolute Gasteiger partial charge is 0.417 e. The van der Waals surface area contributed by atoms with Crippen LogP contribution in [0.2, 0.25) is 5.02 Å². The zero-order chi connectivity index (χ0) is 22.8. The highest BCUT2D eigenvalue weighted by atomic mass is 35.5. The predicted molar refractivity (Wildman–Crippen MR) is 107 cm³/mol. The topological polar surface area (TPSA) is 93.2 Å². The average molecular weight is 457 g/mol. The van der Waals surface area contributed by atoms with Crippen molar-refractivity contribution >= 4 is 29.2 Å². The van der Waals surface area contributed by atoms with Crippen LogP contribution in [-0.2, 0) is 11.0 Å². The Hall–Kier alpha value is -2.88. The Morgan fingerprint density at radius 3 is 2.61 bits per heavy atom.